The molecule has 4 rings (SSSR count). The second-order valence-electron chi connectivity index (χ2n) is 8.42. The Morgan fingerprint density at radius 1 is 1.06 bits per heavy atom. The van der Waals surface area contributed by atoms with Gasteiger partial charge >= 0.3 is 0 Å². The van der Waals surface area contributed by atoms with Crippen molar-refractivity contribution in [1.29, 1.82) is 0 Å². The number of nitrogens with zero attached hydrogens (tertiary/aromatic N) is 1. The fourth-order valence-electron chi connectivity index (χ4n) is 4.27. The first-order valence-corrected chi connectivity index (χ1v) is 12.5. The number of amides is 3. The van der Waals surface area contributed by atoms with Crippen molar-refractivity contribution in [3.8, 4) is 0 Å². The molecule has 0 bridgehead atoms. The van der Waals surface area contributed by atoms with Gasteiger partial charge < -0.3 is 10.6 Å². The van der Waals surface area contributed by atoms with Crippen molar-refractivity contribution in [2.75, 3.05) is 5.32 Å². The van der Waals surface area contributed by atoms with Crippen LogP contribution in [0, 0.1) is 10.5 Å². The SMILES string of the molecule is Cc1cc(I)ccc1NC(=O)c1ccc(CNC2=C(Cl)C(=O)N(C3CCCCC3)C2=O)cc1. The molecule has 3 amide bonds. The van der Waals surface area contributed by atoms with E-state index in [2.05, 4.69) is 33.2 Å². The number of hydrogen-bond acceptors (Lipinski definition) is 4. The van der Waals surface area contributed by atoms with Crippen molar-refractivity contribution in [1.82, 2.24) is 10.2 Å². The standard InChI is InChI=1S/C25H25ClIN3O3/c1-15-13-18(27)11-12-20(15)29-23(31)17-9-7-16(8-10-17)14-28-22-21(26)24(32)30(25(22)33)19-5-3-2-4-6-19/h7-13,19,28H,2-6,14H2,1H3,(H,29,31). The fraction of sp³-hybridized carbons (Fsp3) is 0.320. The van der Waals surface area contributed by atoms with E-state index in [0.29, 0.717) is 12.1 Å². The van der Waals surface area contributed by atoms with Crippen LogP contribution in [0.25, 0.3) is 0 Å². The van der Waals surface area contributed by atoms with Crippen LogP contribution in [0.3, 0.4) is 0 Å². The molecule has 172 valence electrons. The molecule has 0 radical (unpaired) electrons. The summed E-state index contributed by atoms with van der Waals surface area (Å²) in [4.78, 5) is 39.4. The summed E-state index contributed by atoms with van der Waals surface area (Å²) >= 11 is 8.46. The van der Waals surface area contributed by atoms with Gasteiger partial charge in [0.1, 0.15) is 10.7 Å². The summed E-state index contributed by atoms with van der Waals surface area (Å²) in [6, 6.07) is 12.9. The van der Waals surface area contributed by atoms with E-state index in [1.165, 1.54) is 4.90 Å². The normalized spacial score (nSPS) is 17.0. The van der Waals surface area contributed by atoms with Crippen LogP contribution in [-0.2, 0) is 16.1 Å². The molecule has 2 aliphatic rings. The summed E-state index contributed by atoms with van der Waals surface area (Å²) in [5, 5.41) is 5.92. The molecule has 6 nitrogen and oxygen atoms in total. The van der Waals surface area contributed by atoms with E-state index in [4.69, 9.17) is 11.6 Å². The number of benzene rings is 2. The molecule has 0 saturated heterocycles. The van der Waals surface area contributed by atoms with E-state index in [9.17, 15) is 14.4 Å². The van der Waals surface area contributed by atoms with Crippen LogP contribution in [0.2, 0.25) is 0 Å². The van der Waals surface area contributed by atoms with Crippen LogP contribution in [-0.4, -0.2) is 28.7 Å². The Morgan fingerprint density at radius 2 is 1.76 bits per heavy atom. The van der Waals surface area contributed by atoms with E-state index >= 15 is 0 Å². The van der Waals surface area contributed by atoms with Crippen molar-refractivity contribution in [2.24, 2.45) is 0 Å². The molecule has 1 aliphatic heterocycles. The van der Waals surface area contributed by atoms with Gasteiger partial charge in [-0.3, -0.25) is 19.3 Å². The predicted molar refractivity (Wildman–Crippen MR) is 137 cm³/mol. The van der Waals surface area contributed by atoms with Gasteiger partial charge in [0.05, 0.1) is 0 Å². The van der Waals surface area contributed by atoms with Crippen molar-refractivity contribution >= 4 is 57.6 Å². The van der Waals surface area contributed by atoms with E-state index in [1.54, 1.807) is 12.1 Å². The molecular formula is C25H25ClIN3O3. The summed E-state index contributed by atoms with van der Waals surface area (Å²) in [5.41, 5.74) is 3.33. The smallest absolute Gasteiger partial charge is 0.278 e. The van der Waals surface area contributed by atoms with Crippen molar-refractivity contribution in [2.45, 2.75) is 51.6 Å². The Labute approximate surface area is 211 Å². The first kappa shape index (κ1) is 23.8. The van der Waals surface area contributed by atoms with Gasteiger partial charge in [-0.05, 0) is 83.8 Å². The zero-order valence-electron chi connectivity index (χ0n) is 18.3. The van der Waals surface area contributed by atoms with E-state index in [1.807, 2.05) is 37.3 Å². The predicted octanol–water partition coefficient (Wildman–Crippen LogP) is 5.09. The van der Waals surface area contributed by atoms with Gasteiger partial charge in [-0.2, -0.15) is 0 Å². The van der Waals surface area contributed by atoms with Gasteiger partial charge in [0.2, 0.25) is 0 Å². The van der Waals surface area contributed by atoms with E-state index in [-0.39, 0.29) is 28.6 Å². The average molecular weight is 578 g/mol. The zero-order chi connectivity index (χ0) is 23.5. The van der Waals surface area contributed by atoms with Crippen LogP contribution >= 0.6 is 34.2 Å². The molecule has 8 heteroatoms. The molecule has 33 heavy (non-hydrogen) atoms. The van der Waals surface area contributed by atoms with Gasteiger partial charge in [0.25, 0.3) is 17.7 Å². The summed E-state index contributed by atoms with van der Waals surface area (Å²) < 4.78 is 1.11. The maximum absolute atomic E-state index is 12.9. The van der Waals surface area contributed by atoms with Gasteiger partial charge in [-0.1, -0.05) is 43.0 Å². The quantitative estimate of drug-likeness (QED) is 0.370. The zero-order valence-corrected chi connectivity index (χ0v) is 21.2. The molecule has 1 heterocycles. The third-order valence-corrected chi connectivity index (χ3v) is 7.14. The number of imide groups is 1. The first-order valence-electron chi connectivity index (χ1n) is 11.0. The van der Waals surface area contributed by atoms with Crippen molar-refractivity contribution < 1.29 is 14.4 Å². The van der Waals surface area contributed by atoms with Crippen LogP contribution in [0.1, 0.15) is 53.6 Å². The van der Waals surface area contributed by atoms with Gasteiger partial charge in [0.15, 0.2) is 0 Å². The van der Waals surface area contributed by atoms with Crippen molar-refractivity contribution in [3.63, 3.8) is 0 Å². The number of hydrogen-bond donors (Lipinski definition) is 2. The molecule has 1 saturated carbocycles. The summed E-state index contributed by atoms with van der Waals surface area (Å²) in [5.74, 6) is -0.945. The first-order chi connectivity index (χ1) is 15.8. The molecule has 2 aromatic carbocycles. The minimum atomic E-state index is -0.408. The van der Waals surface area contributed by atoms with Gasteiger partial charge in [-0.25, -0.2) is 0 Å². The lowest BCUT2D eigenvalue weighted by molar-refractivity contribution is -0.140. The van der Waals surface area contributed by atoms with Crippen LogP contribution in [0.15, 0.2) is 53.2 Å². The molecular weight excluding hydrogens is 553 g/mol. The summed E-state index contributed by atoms with van der Waals surface area (Å²) in [6.45, 7) is 2.28. The summed E-state index contributed by atoms with van der Waals surface area (Å²) in [7, 11) is 0. The average Bonchev–Trinajstić information content (AvgIpc) is 3.03. The maximum Gasteiger partial charge on any atom is 0.278 e. The molecule has 1 fully saturated rings. The van der Waals surface area contributed by atoms with E-state index in [0.717, 1.165) is 52.5 Å². The fourth-order valence-corrected chi connectivity index (χ4v) is 5.16. The highest BCUT2D eigenvalue weighted by Gasteiger charge is 2.41. The Kier molecular flexibility index (Phi) is 7.38. The number of rotatable bonds is 6. The van der Waals surface area contributed by atoms with Crippen LogP contribution < -0.4 is 10.6 Å². The highest BCUT2D eigenvalue weighted by molar-refractivity contribution is 14.1. The maximum atomic E-state index is 12.9. The van der Waals surface area contributed by atoms with E-state index < -0.39 is 5.91 Å². The third-order valence-electron chi connectivity index (χ3n) is 6.12. The topological polar surface area (TPSA) is 78.5 Å². The molecule has 2 N–H and O–H groups in total. The minimum absolute atomic E-state index is 0.0468. The number of anilines is 1. The number of aryl methyl sites for hydroxylation is 1. The monoisotopic (exact) mass is 577 g/mol. The minimum Gasteiger partial charge on any atom is -0.375 e. The number of carbonyl (C=O) groups excluding carboxylic acids is 3. The Bertz CT molecular complexity index is 1120. The lowest BCUT2D eigenvalue weighted by Gasteiger charge is -2.29. The largest absolute Gasteiger partial charge is 0.375 e. The molecule has 2 aromatic rings. The van der Waals surface area contributed by atoms with Crippen molar-refractivity contribution in [3.05, 3.63) is 73.5 Å². The molecule has 0 unspecified atom stereocenters. The number of carbonyl (C=O) groups is 3. The highest BCUT2D eigenvalue weighted by Crippen LogP contribution is 2.30. The van der Waals surface area contributed by atoms with Gasteiger partial charge in [0, 0.05) is 27.4 Å². The lowest BCUT2D eigenvalue weighted by atomic mass is 9.94. The second-order valence-corrected chi connectivity index (χ2v) is 10.0. The Balaban J connectivity index is 1.37. The third kappa shape index (κ3) is 5.24. The van der Waals surface area contributed by atoms with Gasteiger partial charge in [-0.15, -0.1) is 0 Å². The molecule has 1 aliphatic carbocycles. The Morgan fingerprint density at radius 3 is 2.42 bits per heavy atom. The molecule has 0 atom stereocenters. The molecule has 0 spiro atoms. The summed E-state index contributed by atoms with van der Waals surface area (Å²) in [6.07, 6.45) is 4.84. The lowest BCUT2D eigenvalue weighted by Crippen LogP contribution is -2.43. The number of halogens is 2. The van der Waals surface area contributed by atoms with Crippen LogP contribution in [0.5, 0.6) is 0 Å². The highest BCUT2D eigenvalue weighted by atomic mass is 127. The van der Waals surface area contributed by atoms with Crippen LogP contribution in [0.4, 0.5) is 5.69 Å². The number of nitrogens with one attached hydrogen (secondary N) is 2. The Hall–Kier alpha value is -2.39. The second kappa shape index (κ2) is 10.3. The molecule has 0 aromatic heterocycles.